The number of methoxy groups -OCH3 is 2. The summed E-state index contributed by atoms with van der Waals surface area (Å²) in [5.41, 5.74) is 0.0854. The van der Waals surface area contributed by atoms with Crippen LogP contribution in [0.3, 0.4) is 0 Å². The molecule has 0 aliphatic rings. The summed E-state index contributed by atoms with van der Waals surface area (Å²) < 4.78 is 49.0. The van der Waals surface area contributed by atoms with Crippen molar-refractivity contribution >= 4 is 22.2 Å². The van der Waals surface area contributed by atoms with Gasteiger partial charge in [-0.3, -0.25) is 4.98 Å². The molecule has 0 saturated carbocycles. The highest BCUT2D eigenvalue weighted by atomic mass is 32.1. The third kappa shape index (κ3) is 2.70. The zero-order chi connectivity index (χ0) is 16.6. The molecule has 0 aliphatic heterocycles. The van der Waals surface area contributed by atoms with Gasteiger partial charge in [-0.1, -0.05) is 6.07 Å². The van der Waals surface area contributed by atoms with Crippen LogP contribution in [0, 0.1) is 0 Å². The predicted molar refractivity (Wildman–Crippen MR) is 81.0 cm³/mol. The van der Waals surface area contributed by atoms with Crippen LogP contribution in [0.2, 0.25) is 0 Å². The van der Waals surface area contributed by atoms with E-state index in [9.17, 15) is 13.2 Å². The van der Waals surface area contributed by atoms with Gasteiger partial charge in [0, 0.05) is 11.6 Å². The zero-order valence-corrected chi connectivity index (χ0v) is 13.0. The van der Waals surface area contributed by atoms with Crippen molar-refractivity contribution in [1.29, 1.82) is 0 Å². The Labute approximate surface area is 133 Å². The predicted octanol–water partition coefficient (Wildman–Crippen LogP) is 4.39. The fourth-order valence-corrected chi connectivity index (χ4v) is 3.08. The number of alkyl halides is 3. The number of halogens is 3. The highest BCUT2D eigenvalue weighted by Crippen LogP contribution is 2.42. The fourth-order valence-electron chi connectivity index (χ4n) is 2.24. The zero-order valence-electron chi connectivity index (χ0n) is 12.1. The molecule has 0 bridgehead atoms. The lowest BCUT2D eigenvalue weighted by atomic mass is 10.1. The minimum absolute atomic E-state index is 0.189. The average Bonchev–Trinajstić information content (AvgIpc) is 3.03. The van der Waals surface area contributed by atoms with Gasteiger partial charge in [-0.25, -0.2) is 4.98 Å². The van der Waals surface area contributed by atoms with Crippen molar-refractivity contribution < 1.29 is 22.6 Å². The summed E-state index contributed by atoms with van der Waals surface area (Å²) in [4.78, 5) is 7.93. The second-order valence-electron chi connectivity index (χ2n) is 4.60. The average molecular weight is 340 g/mol. The van der Waals surface area contributed by atoms with Crippen LogP contribution in [0.5, 0.6) is 11.5 Å². The van der Waals surface area contributed by atoms with Crippen LogP contribution in [-0.4, -0.2) is 24.2 Å². The van der Waals surface area contributed by atoms with E-state index in [4.69, 9.17) is 9.47 Å². The van der Waals surface area contributed by atoms with E-state index in [0.717, 1.165) is 16.7 Å². The van der Waals surface area contributed by atoms with Gasteiger partial charge in [0.2, 0.25) is 0 Å². The first-order chi connectivity index (χ1) is 11.0. The molecule has 3 aromatic rings. The molecule has 0 fully saturated rings. The van der Waals surface area contributed by atoms with Gasteiger partial charge in [0.05, 0.1) is 30.7 Å². The number of pyridine rings is 1. The first kappa shape index (κ1) is 15.5. The van der Waals surface area contributed by atoms with Crippen molar-refractivity contribution in [3.63, 3.8) is 0 Å². The lowest BCUT2D eigenvalue weighted by molar-refractivity contribution is -0.140. The summed E-state index contributed by atoms with van der Waals surface area (Å²) in [5, 5.41) is 1.76. The molecule has 1 aromatic carbocycles. The molecule has 0 atom stereocenters. The number of ether oxygens (including phenoxy) is 2. The SMILES string of the molecule is COc1cccc2ncc(-c3nc(C(F)(F)F)cs3)c(OC)c12. The minimum Gasteiger partial charge on any atom is -0.496 e. The van der Waals surface area contributed by atoms with Crippen molar-refractivity contribution in [2.45, 2.75) is 6.18 Å². The number of hydrogen-bond acceptors (Lipinski definition) is 5. The smallest absolute Gasteiger partial charge is 0.434 e. The Kier molecular flexibility index (Phi) is 3.85. The van der Waals surface area contributed by atoms with Crippen molar-refractivity contribution in [1.82, 2.24) is 9.97 Å². The van der Waals surface area contributed by atoms with Gasteiger partial charge < -0.3 is 9.47 Å². The van der Waals surface area contributed by atoms with Gasteiger partial charge in [-0.15, -0.1) is 11.3 Å². The maximum Gasteiger partial charge on any atom is 0.434 e. The Morgan fingerprint density at radius 1 is 1.13 bits per heavy atom. The molecule has 2 aromatic heterocycles. The second-order valence-corrected chi connectivity index (χ2v) is 5.45. The fraction of sp³-hybridized carbons (Fsp3) is 0.200. The van der Waals surface area contributed by atoms with Crippen LogP contribution < -0.4 is 9.47 Å². The van der Waals surface area contributed by atoms with Gasteiger partial charge >= 0.3 is 6.18 Å². The molecule has 0 spiro atoms. The Morgan fingerprint density at radius 2 is 1.91 bits per heavy atom. The quantitative estimate of drug-likeness (QED) is 0.709. The molecule has 0 N–H and O–H groups in total. The molecule has 0 amide bonds. The maximum absolute atomic E-state index is 12.7. The summed E-state index contributed by atoms with van der Waals surface area (Å²) in [5.74, 6) is 0.914. The summed E-state index contributed by atoms with van der Waals surface area (Å²) in [6.07, 6.45) is -3.02. The summed E-state index contributed by atoms with van der Waals surface area (Å²) >= 11 is 0.889. The van der Waals surface area contributed by atoms with Gasteiger partial charge in [0.25, 0.3) is 0 Å². The van der Waals surface area contributed by atoms with Gasteiger partial charge in [-0.2, -0.15) is 13.2 Å². The Bertz CT molecular complexity index is 862. The number of rotatable bonds is 3. The molecule has 4 nitrogen and oxygen atoms in total. The van der Waals surface area contributed by atoms with Crippen molar-refractivity contribution in [2.24, 2.45) is 0 Å². The molecule has 3 rings (SSSR count). The normalized spacial score (nSPS) is 11.7. The first-order valence-electron chi connectivity index (χ1n) is 6.48. The number of aromatic nitrogens is 2. The summed E-state index contributed by atoms with van der Waals surface area (Å²) in [7, 11) is 2.95. The lowest BCUT2D eigenvalue weighted by Crippen LogP contribution is -2.05. The van der Waals surface area contributed by atoms with Crippen LogP contribution >= 0.6 is 11.3 Å². The number of hydrogen-bond donors (Lipinski definition) is 0. The van der Waals surface area contributed by atoms with E-state index in [1.807, 2.05) is 0 Å². The van der Waals surface area contributed by atoms with Gasteiger partial charge in [0.15, 0.2) is 5.69 Å². The van der Waals surface area contributed by atoms with Gasteiger partial charge in [0.1, 0.15) is 16.5 Å². The van der Waals surface area contributed by atoms with E-state index in [1.54, 1.807) is 18.2 Å². The molecule has 0 saturated heterocycles. The van der Waals surface area contributed by atoms with Crippen LogP contribution in [0.1, 0.15) is 5.69 Å². The molecule has 8 heteroatoms. The van der Waals surface area contributed by atoms with E-state index in [0.29, 0.717) is 28.0 Å². The van der Waals surface area contributed by atoms with E-state index >= 15 is 0 Å². The van der Waals surface area contributed by atoms with E-state index in [2.05, 4.69) is 9.97 Å². The number of thiazole rings is 1. The maximum atomic E-state index is 12.7. The Morgan fingerprint density at radius 3 is 2.52 bits per heavy atom. The van der Waals surface area contributed by atoms with Crippen LogP contribution in [0.15, 0.2) is 29.8 Å². The Balaban J connectivity index is 2.24. The molecular weight excluding hydrogens is 329 g/mol. The molecule has 0 unspecified atom stereocenters. The molecule has 0 radical (unpaired) electrons. The second kappa shape index (κ2) is 5.69. The van der Waals surface area contributed by atoms with Crippen molar-refractivity contribution in [3.8, 4) is 22.1 Å². The topological polar surface area (TPSA) is 44.2 Å². The van der Waals surface area contributed by atoms with Gasteiger partial charge in [-0.05, 0) is 12.1 Å². The largest absolute Gasteiger partial charge is 0.496 e. The van der Waals surface area contributed by atoms with E-state index in [1.165, 1.54) is 20.4 Å². The lowest BCUT2D eigenvalue weighted by Gasteiger charge is -2.12. The molecule has 23 heavy (non-hydrogen) atoms. The molecule has 2 heterocycles. The number of nitrogens with zero attached hydrogens (tertiary/aromatic N) is 2. The van der Waals surface area contributed by atoms with Crippen LogP contribution in [-0.2, 0) is 6.18 Å². The number of benzene rings is 1. The van der Waals surface area contributed by atoms with Crippen molar-refractivity contribution in [3.05, 3.63) is 35.5 Å². The highest BCUT2D eigenvalue weighted by Gasteiger charge is 2.34. The van der Waals surface area contributed by atoms with Crippen LogP contribution in [0.4, 0.5) is 13.2 Å². The van der Waals surface area contributed by atoms with E-state index < -0.39 is 11.9 Å². The van der Waals surface area contributed by atoms with Crippen molar-refractivity contribution in [2.75, 3.05) is 14.2 Å². The third-order valence-electron chi connectivity index (χ3n) is 3.26. The first-order valence-corrected chi connectivity index (χ1v) is 7.36. The Hall–Kier alpha value is -2.35. The standard InChI is InChI=1S/C15H11F3N2O2S/c1-21-10-5-3-4-9-12(10)13(22-2)8(6-19-9)14-20-11(7-23-14)15(16,17)18/h3-7H,1-2H3. The molecular formula is C15H11F3N2O2S. The third-order valence-corrected chi connectivity index (χ3v) is 4.13. The monoisotopic (exact) mass is 340 g/mol. The molecule has 0 aliphatic carbocycles. The minimum atomic E-state index is -4.48. The summed E-state index contributed by atoms with van der Waals surface area (Å²) in [6.45, 7) is 0. The number of fused-ring (bicyclic) bond motifs is 1. The van der Waals surface area contributed by atoms with E-state index in [-0.39, 0.29) is 5.01 Å². The highest BCUT2D eigenvalue weighted by molar-refractivity contribution is 7.13. The summed E-state index contributed by atoms with van der Waals surface area (Å²) in [6, 6.07) is 5.28. The molecule has 120 valence electrons. The van der Waals surface area contributed by atoms with Crippen LogP contribution in [0.25, 0.3) is 21.5 Å².